The Kier molecular flexibility index (Phi) is 10.8. The second-order valence-electron chi connectivity index (χ2n) is 4.89. The van der Waals surface area contributed by atoms with Crippen LogP contribution in [0.3, 0.4) is 0 Å². The van der Waals surface area contributed by atoms with Crippen molar-refractivity contribution in [2.45, 2.75) is 65.0 Å². The molecule has 0 radical (unpaired) electrons. The summed E-state index contributed by atoms with van der Waals surface area (Å²) in [5, 5.41) is 17.6. The number of aliphatic hydroxyl groups is 1. The van der Waals surface area contributed by atoms with Crippen molar-refractivity contribution < 1.29 is 34.0 Å². The molecule has 124 valence electrons. The molecule has 0 aromatic carbocycles. The van der Waals surface area contributed by atoms with Crippen molar-refractivity contribution in [3.63, 3.8) is 0 Å². The van der Waals surface area contributed by atoms with E-state index in [9.17, 15) is 9.59 Å². The molecule has 7 heteroatoms. The van der Waals surface area contributed by atoms with E-state index >= 15 is 0 Å². The number of carboxylic acid groups (broad SMARTS) is 1. The van der Waals surface area contributed by atoms with Crippen molar-refractivity contribution in [3.8, 4) is 0 Å². The number of carbonyl (C=O) groups is 2. The first kappa shape index (κ1) is 19.8. The number of ether oxygens (including phenoxy) is 3. The van der Waals surface area contributed by atoms with E-state index in [1.54, 1.807) is 0 Å². The summed E-state index contributed by atoms with van der Waals surface area (Å²) in [5.41, 5.74) is 0. The van der Waals surface area contributed by atoms with Crippen LogP contribution in [0.2, 0.25) is 0 Å². The molecule has 21 heavy (non-hydrogen) atoms. The first-order chi connectivity index (χ1) is 9.88. The van der Waals surface area contributed by atoms with Crippen LogP contribution in [-0.2, 0) is 23.8 Å². The smallest absolute Gasteiger partial charge is 0.305 e. The van der Waals surface area contributed by atoms with Crippen molar-refractivity contribution in [2.24, 2.45) is 0 Å². The van der Waals surface area contributed by atoms with Gasteiger partial charge < -0.3 is 24.4 Å². The molecule has 0 aromatic heterocycles. The lowest BCUT2D eigenvalue weighted by Crippen LogP contribution is -2.33. The molecule has 2 unspecified atom stereocenters. The quantitative estimate of drug-likeness (QED) is 0.414. The zero-order valence-corrected chi connectivity index (χ0v) is 12.9. The molecule has 2 N–H and O–H groups in total. The molecular formula is C14H26O7. The number of carbonyl (C=O) groups excluding carboxylic acids is 1. The lowest BCUT2D eigenvalue weighted by atomic mass is 10.2. The van der Waals surface area contributed by atoms with E-state index in [0.29, 0.717) is 6.42 Å². The molecule has 0 spiro atoms. The molecule has 0 aliphatic rings. The molecule has 0 saturated carbocycles. The summed E-state index contributed by atoms with van der Waals surface area (Å²) >= 11 is 0. The SMILES string of the molecule is CCC(CO)OC(COC(=O)CCCC(=O)O)OC(C)C. The Morgan fingerprint density at radius 1 is 1.14 bits per heavy atom. The van der Waals surface area contributed by atoms with Gasteiger partial charge in [0, 0.05) is 12.8 Å². The van der Waals surface area contributed by atoms with Crippen molar-refractivity contribution in [2.75, 3.05) is 13.2 Å². The van der Waals surface area contributed by atoms with Gasteiger partial charge in [-0.1, -0.05) is 6.92 Å². The number of hydrogen-bond donors (Lipinski definition) is 2. The maximum Gasteiger partial charge on any atom is 0.305 e. The Morgan fingerprint density at radius 3 is 2.29 bits per heavy atom. The highest BCUT2D eigenvalue weighted by molar-refractivity contribution is 5.71. The molecule has 0 amide bonds. The van der Waals surface area contributed by atoms with E-state index < -0.39 is 18.2 Å². The van der Waals surface area contributed by atoms with Gasteiger partial charge in [-0.25, -0.2) is 0 Å². The number of hydrogen-bond acceptors (Lipinski definition) is 6. The van der Waals surface area contributed by atoms with Crippen LogP contribution >= 0.6 is 0 Å². The predicted molar refractivity (Wildman–Crippen MR) is 74.7 cm³/mol. The minimum atomic E-state index is -0.944. The maximum absolute atomic E-state index is 11.5. The standard InChI is InChI=1S/C14H26O7/c1-4-11(8-15)21-14(20-10(2)3)9-19-13(18)7-5-6-12(16)17/h10-11,14-15H,4-9H2,1-3H3,(H,16,17). The molecule has 0 aliphatic heterocycles. The van der Waals surface area contributed by atoms with Crippen molar-refractivity contribution in [1.82, 2.24) is 0 Å². The number of carboxylic acids is 1. The molecular weight excluding hydrogens is 280 g/mol. The molecule has 7 nitrogen and oxygen atoms in total. The fourth-order valence-electron chi connectivity index (χ4n) is 1.51. The van der Waals surface area contributed by atoms with Gasteiger partial charge in [-0.2, -0.15) is 0 Å². The minimum Gasteiger partial charge on any atom is -0.481 e. The minimum absolute atomic E-state index is 0.0396. The molecule has 0 saturated heterocycles. The van der Waals surface area contributed by atoms with Crippen molar-refractivity contribution in [3.05, 3.63) is 0 Å². The summed E-state index contributed by atoms with van der Waals surface area (Å²) in [6.45, 7) is 5.29. The highest BCUT2D eigenvalue weighted by atomic mass is 16.7. The monoisotopic (exact) mass is 306 g/mol. The summed E-state index contributed by atoms with van der Waals surface area (Å²) in [7, 11) is 0. The predicted octanol–water partition coefficient (Wildman–Crippen LogP) is 1.32. The molecule has 0 rings (SSSR count). The molecule has 0 fully saturated rings. The summed E-state index contributed by atoms with van der Waals surface area (Å²) in [6.07, 6.45) is -0.417. The lowest BCUT2D eigenvalue weighted by molar-refractivity contribution is -0.217. The van der Waals surface area contributed by atoms with Crippen LogP contribution in [0.1, 0.15) is 46.5 Å². The van der Waals surface area contributed by atoms with Crippen LogP contribution in [0.5, 0.6) is 0 Å². The second kappa shape index (κ2) is 11.5. The zero-order valence-electron chi connectivity index (χ0n) is 12.9. The summed E-state index contributed by atoms with van der Waals surface area (Å²) in [4.78, 5) is 21.8. The van der Waals surface area contributed by atoms with Gasteiger partial charge in [0.25, 0.3) is 0 Å². The molecule has 0 bridgehead atoms. The summed E-state index contributed by atoms with van der Waals surface area (Å²) < 4.78 is 16.0. The van der Waals surface area contributed by atoms with Gasteiger partial charge in [-0.15, -0.1) is 0 Å². The number of aliphatic hydroxyl groups excluding tert-OH is 1. The second-order valence-corrected chi connectivity index (χ2v) is 4.89. The van der Waals surface area contributed by atoms with Crippen LogP contribution in [0.25, 0.3) is 0 Å². The maximum atomic E-state index is 11.5. The van der Waals surface area contributed by atoms with Crippen LogP contribution in [-0.4, -0.2) is 53.9 Å². The summed E-state index contributed by atoms with van der Waals surface area (Å²) in [6, 6.07) is 0. The Hall–Kier alpha value is -1.18. The fraction of sp³-hybridized carbons (Fsp3) is 0.857. The lowest BCUT2D eigenvalue weighted by Gasteiger charge is -2.24. The fourth-order valence-corrected chi connectivity index (χ4v) is 1.51. The molecule has 0 aromatic rings. The number of rotatable bonds is 12. The summed E-state index contributed by atoms with van der Waals surface area (Å²) in [5.74, 6) is -1.44. The van der Waals surface area contributed by atoms with E-state index in [0.717, 1.165) is 0 Å². The third-order valence-corrected chi connectivity index (χ3v) is 2.58. The van der Waals surface area contributed by atoms with E-state index in [-0.39, 0.29) is 44.7 Å². The van der Waals surface area contributed by atoms with Gasteiger partial charge in [0.2, 0.25) is 0 Å². The molecule has 2 atom stereocenters. The molecule has 0 aliphatic carbocycles. The van der Waals surface area contributed by atoms with Crippen molar-refractivity contribution in [1.29, 1.82) is 0 Å². The highest BCUT2D eigenvalue weighted by Crippen LogP contribution is 2.08. The molecule has 0 heterocycles. The van der Waals surface area contributed by atoms with Gasteiger partial charge in [0.15, 0.2) is 6.29 Å². The van der Waals surface area contributed by atoms with Crippen LogP contribution in [0, 0.1) is 0 Å². The Bertz CT molecular complexity index is 300. The van der Waals surface area contributed by atoms with E-state index in [1.165, 1.54) is 0 Å². The van der Waals surface area contributed by atoms with Crippen molar-refractivity contribution >= 4 is 11.9 Å². The van der Waals surface area contributed by atoms with E-state index in [2.05, 4.69) is 0 Å². The van der Waals surface area contributed by atoms with Crippen LogP contribution < -0.4 is 0 Å². The van der Waals surface area contributed by atoms with Gasteiger partial charge >= 0.3 is 11.9 Å². The zero-order chi connectivity index (χ0) is 16.3. The van der Waals surface area contributed by atoms with Gasteiger partial charge in [0.1, 0.15) is 6.61 Å². The normalized spacial score (nSPS) is 14.0. The number of aliphatic carboxylic acids is 1. The Labute approximate surface area is 125 Å². The highest BCUT2D eigenvalue weighted by Gasteiger charge is 2.19. The van der Waals surface area contributed by atoms with E-state index in [4.69, 9.17) is 24.4 Å². The largest absolute Gasteiger partial charge is 0.481 e. The Balaban J connectivity index is 4.15. The Morgan fingerprint density at radius 2 is 1.81 bits per heavy atom. The average molecular weight is 306 g/mol. The number of esters is 1. The van der Waals surface area contributed by atoms with Gasteiger partial charge in [0.05, 0.1) is 18.8 Å². The van der Waals surface area contributed by atoms with Crippen LogP contribution in [0.4, 0.5) is 0 Å². The third kappa shape index (κ3) is 11.2. The topological polar surface area (TPSA) is 102 Å². The van der Waals surface area contributed by atoms with Crippen LogP contribution in [0.15, 0.2) is 0 Å². The first-order valence-electron chi connectivity index (χ1n) is 7.18. The van der Waals surface area contributed by atoms with Gasteiger partial charge in [-0.3, -0.25) is 9.59 Å². The average Bonchev–Trinajstić information content (AvgIpc) is 2.40. The third-order valence-electron chi connectivity index (χ3n) is 2.58. The van der Waals surface area contributed by atoms with Gasteiger partial charge in [-0.05, 0) is 26.7 Å². The van der Waals surface area contributed by atoms with E-state index in [1.807, 2.05) is 20.8 Å². The first-order valence-corrected chi connectivity index (χ1v) is 7.18.